The van der Waals surface area contributed by atoms with Crippen molar-refractivity contribution in [2.24, 2.45) is 0 Å². The van der Waals surface area contributed by atoms with Crippen molar-refractivity contribution >= 4 is 5.69 Å². The first-order valence-electron chi connectivity index (χ1n) is 5.19. The van der Waals surface area contributed by atoms with Crippen LogP contribution in [0.3, 0.4) is 0 Å². The van der Waals surface area contributed by atoms with Crippen molar-refractivity contribution in [3.63, 3.8) is 0 Å². The van der Waals surface area contributed by atoms with Gasteiger partial charge in [0.25, 0.3) is 0 Å². The second-order valence-electron chi connectivity index (χ2n) is 3.96. The van der Waals surface area contributed by atoms with E-state index in [9.17, 15) is 0 Å². The van der Waals surface area contributed by atoms with Crippen molar-refractivity contribution in [3.8, 4) is 5.88 Å². The monoisotopic (exact) mass is 208 g/mol. The van der Waals surface area contributed by atoms with E-state index in [-0.39, 0.29) is 6.10 Å². The Morgan fingerprint density at radius 2 is 2.33 bits per heavy atom. The molecule has 0 bridgehead atoms. The zero-order chi connectivity index (χ0) is 10.8. The van der Waals surface area contributed by atoms with E-state index in [0.717, 1.165) is 24.3 Å². The van der Waals surface area contributed by atoms with Gasteiger partial charge in [-0.3, -0.25) is 0 Å². The molecule has 0 saturated heterocycles. The van der Waals surface area contributed by atoms with Crippen LogP contribution in [0.15, 0.2) is 6.07 Å². The van der Waals surface area contributed by atoms with Crippen molar-refractivity contribution < 1.29 is 9.47 Å². The molecular formula is C11H16N2O2. The lowest BCUT2D eigenvalue weighted by atomic mass is 10.1. The number of nitrogen functional groups attached to an aromatic ring is 1. The number of anilines is 1. The average Bonchev–Trinajstić information content (AvgIpc) is 2.18. The lowest BCUT2D eigenvalue weighted by Gasteiger charge is -2.18. The van der Waals surface area contributed by atoms with E-state index in [4.69, 9.17) is 15.2 Å². The maximum atomic E-state index is 5.85. The number of nitrogens with zero attached hydrogens (tertiary/aromatic N) is 1. The molecule has 0 saturated carbocycles. The molecule has 0 aromatic carbocycles. The van der Waals surface area contributed by atoms with Crippen molar-refractivity contribution in [1.82, 2.24) is 4.98 Å². The molecule has 1 aromatic heterocycles. The molecule has 82 valence electrons. The minimum absolute atomic E-state index is 0.0951. The highest BCUT2D eigenvalue weighted by molar-refractivity contribution is 5.51. The zero-order valence-electron chi connectivity index (χ0n) is 9.12. The fourth-order valence-electron chi connectivity index (χ4n) is 1.60. The van der Waals surface area contributed by atoms with Gasteiger partial charge in [-0.15, -0.1) is 0 Å². The van der Waals surface area contributed by atoms with Crippen LogP contribution < -0.4 is 10.5 Å². The van der Waals surface area contributed by atoms with Crippen LogP contribution in [-0.4, -0.2) is 17.7 Å². The van der Waals surface area contributed by atoms with Crippen LogP contribution in [0, 0.1) is 0 Å². The normalized spacial score (nSPS) is 15.1. The fraction of sp³-hybridized carbons (Fsp3) is 0.545. The van der Waals surface area contributed by atoms with Crippen molar-refractivity contribution in [1.29, 1.82) is 0 Å². The van der Waals surface area contributed by atoms with E-state index in [2.05, 4.69) is 4.98 Å². The van der Waals surface area contributed by atoms with Gasteiger partial charge in [0.1, 0.15) is 0 Å². The predicted octanol–water partition coefficient (Wildman–Crippen LogP) is 1.52. The number of hydrogen-bond acceptors (Lipinski definition) is 4. The third-order valence-corrected chi connectivity index (χ3v) is 2.27. The van der Waals surface area contributed by atoms with Gasteiger partial charge in [-0.2, -0.15) is 0 Å². The standard InChI is InChI=1S/C11H16N2O2/c1-7(2)15-11-9(12)5-8-6-14-4-3-10(8)13-11/h5,7H,3-4,6,12H2,1-2H3. The average molecular weight is 208 g/mol. The highest BCUT2D eigenvalue weighted by atomic mass is 16.5. The summed E-state index contributed by atoms with van der Waals surface area (Å²) in [5.74, 6) is 0.547. The summed E-state index contributed by atoms with van der Waals surface area (Å²) < 4.78 is 10.9. The van der Waals surface area contributed by atoms with Gasteiger partial charge < -0.3 is 15.2 Å². The zero-order valence-corrected chi connectivity index (χ0v) is 9.12. The molecule has 2 rings (SSSR count). The first kappa shape index (κ1) is 10.2. The van der Waals surface area contributed by atoms with Crippen LogP contribution in [0.5, 0.6) is 5.88 Å². The highest BCUT2D eigenvalue weighted by Crippen LogP contribution is 2.25. The Morgan fingerprint density at radius 1 is 1.53 bits per heavy atom. The van der Waals surface area contributed by atoms with Gasteiger partial charge in [-0.25, -0.2) is 4.98 Å². The van der Waals surface area contributed by atoms with E-state index < -0.39 is 0 Å². The van der Waals surface area contributed by atoms with Crippen molar-refractivity contribution in [2.75, 3.05) is 12.3 Å². The molecular weight excluding hydrogens is 192 g/mol. The molecule has 15 heavy (non-hydrogen) atoms. The van der Waals surface area contributed by atoms with Crippen LogP contribution in [0.25, 0.3) is 0 Å². The molecule has 0 fully saturated rings. The Kier molecular flexibility index (Phi) is 2.77. The van der Waals surface area contributed by atoms with Crippen molar-refractivity contribution in [2.45, 2.75) is 33.0 Å². The van der Waals surface area contributed by atoms with E-state index in [1.54, 1.807) is 0 Å². The highest BCUT2D eigenvalue weighted by Gasteiger charge is 2.15. The largest absolute Gasteiger partial charge is 0.473 e. The quantitative estimate of drug-likeness (QED) is 0.800. The summed E-state index contributed by atoms with van der Waals surface area (Å²) in [5, 5.41) is 0. The second-order valence-corrected chi connectivity index (χ2v) is 3.96. The first-order valence-corrected chi connectivity index (χ1v) is 5.19. The smallest absolute Gasteiger partial charge is 0.237 e. The summed E-state index contributed by atoms with van der Waals surface area (Å²) in [7, 11) is 0. The van der Waals surface area contributed by atoms with E-state index in [1.807, 2.05) is 19.9 Å². The Hall–Kier alpha value is -1.29. The van der Waals surface area contributed by atoms with Crippen LogP contribution in [0.4, 0.5) is 5.69 Å². The van der Waals surface area contributed by atoms with E-state index in [1.165, 1.54) is 0 Å². The Morgan fingerprint density at radius 3 is 3.07 bits per heavy atom. The summed E-state index contributed by atoms with van der Waals surface area (Å²) in [6.07, 6.45) is 0.932. The molecule has 1 aliphatic rings. The molecule has 0 aliphatic carbocycles. The van der Waals surface area contributed by atoms with Gasteiger partial charge in [-0.05, 0) is 19.9 Å². The fourth-order valence-corrected chi connectivity index (χ4v) is 1.60. The van der Waals surface area contributed by atoms with Gasteiger partial charge in [0.05, 0.1) is 30.7 Å². The SMILES string of the molecule is CC(C)Oc1nc2c(cc1N)COCC2. The number of pyridine rings is 1. The number of fused-ring (bicyclic) bond motifs is 1. The summed E-state index contributed by atoms with van der Waals surface area (Å²) in [4.78, 5) is 4.43. The molecule has 4 nitrogen and oxygen atoms in total. The summed E-state index contributed by atoms with van der Waals surface area (Å²) in [5.41, 5.74) is 8.57. The number of hydrogen-bond donors (Lipinski definition) is 1. The van der Waals surface area contributed by atoms with Gasteiger partial charge in [0.15, 0.2) is 0 Å². The Balaban J connectivity index is 2.32. The summed E-state index contributed by atoms with van der Waals surface area (Å²) >= 11 is 0. The number of nitrogens with two attached hydrogens (primary N) is 1. The second kappa shape index (κ2) is 4.06. The molecule has 1 aliphatic heterocycles. The maximum Gasteiger partial charge on any atom is 0.237 e. The van der Waals surface area contributed by atoms with Gasteiger partial charge in [-0.1, -0.05) is 0 Å². The summed E-state index contributed by atoms with van der Waals surface area (Å²) in [6.45, 7) is 5.26. The van der Waals surface area contributed by atoms with Crippen LogP contribution in [0.1, 0.15) is 25.1 Å². The van der Waals surface area contributed by atoms with Crippen LogP contribution >= 0.6 is 0 Å². The lowest BCUT2D eigenvalue weighted by molar-refractivity contribution is 0.108. The number of ether oxygens (including phenoxy) is 2. The molecule has 0 spiro atoms. The molecule has 1 aromatic rings. The number of rotatable bonds is 2. The third kappa shape index (κ3) is 2.21. The molecule has 0 radical (unpaired) electrons. The summed E-state index contributed by atoms with van der Waals surface area (Å²) in [6, 6.07) is 1.90. The van der Waals surface area contributed by atoms with Gasteiger partial charge in [0, 0.05) is 12.0 Å². The molecule has 0 atom stereocenters. The predicted molar refractivity (Wildman–Crippen MR) is 57.8 cm³/mol. The van der Waals surface area contributed by atoms with Gasteiger partial charge in [0.2, 0.25) is 5.88 Å². The molecule has 0 unspecified atom stereocenters. The Labute approximate surface area is 89.4 Å². The lowest BCUT2D eigenvalue weighted by Crippen LogP contribution is -2.15. The van der Waals surface area contributed by atoms with Crippen LogP contribution in [-0.2, 0) is 17.8 Å². The topological polar surface area (TPSA) is 57.4 Å². The molecule has 2 N–H and O–H groups in total. The number of aromatic nitrogens is 1. The van der Waals surface area contributed by atoms with Gasteiger partial charge >= 0.3 is 0 Å². The van der Waals surface area contributed by atoms with Crippen LogP contribution in [0.2, 0.25) is 0 Å². The van der Waals surface area contributed by atoms with E-state index in [0.29, 0.717) is 18.2 Å². The minimum atomic E-state index is 0.0951. The maximum absolute atomic E-state index is 5.85. The third-order valence-electron chi connectivity index (χ3n) is 2.27. The minimum Gasteiger partial charge on any atom is -0.473 e. The molecule has 4 heteroatoms. The molecule has 2 heterocycles. The van der Waals surface area contributed by atoms with Crippen molar-refractivity contribution in [3.05, 3.63) is 17.3 Å². The molecule has 0 amide bonds. The van der Waals surface area contributed by atoms with E-state index >= 15 is 0 Å². The Bertz CT molecular complexity index is 364. The first-order chi connectivity index (χ1) is 7.16.